The molecule has 110 valence electrons. The van der Waals surface area contributed by atoms with E-state index in [9.17, 15) is 4.79 Å². The lowest BCUT2D eigenvalue weighted by Gasteiger charge is -2.07. The third-order valence-corrected chi connectivity index (χ3v) is 3.72. The molecule has 0 saturated carbocycles. The van der Waals surface area contributed by atoms with Crippen molar-refractivity contribution >= 4 is 17.9 Å². The first-order valence-electron chi connectivity index (χ1n) is 6.97. The Bertz CT molecular complexity index is 766. The normalized spacial score (nSPS) is 10.6. The minimum Gasteiger partial charge on any atom is -0.296 e. The summed E-state index contributed by atoms with van der Waals surface area (Å²) in [5.41, 5.74) is 3.24. The van der Waals surface area contributed by atoms with Crippen LogP contribution in [0.4, 0.5) is 0 Å². The molecule has 0 unspecified atom stereocenters. The molecule has 0 aliphatic carbocycles. The van der Waals surface area contributed by atoms with Gasteiger partial charge in [-0.25, -0.2) is 4.68 Å². The van der Waals surface area contributed by atoms with E-state index in [-0.39, 0.29) is 0 Å². The van der Waals surface area contributed by atoms with Gasteiger partial charge in [0.25, 0.3) is 0 Å². The van der Waals surface area contributed by atoms with Gasteiger partial charge in [-0.3, -0.25) is 4.79 Å². The number of aldehydes is 1. The molecule has 22 heavy (non-hydrogen) atoms. The molecule has 0 fully saturated rings. The maximum absolute atomic E-state index is 11.2. The van der Waals surface area contributed by atoms with Crippen LogP contribution in [0, 0.1) is 0 Å². The van der Waals surface area contributed by atoms with Crippen molar-refractivity contribution < 1.29 is 4.79 Å². The lowest BCUT2D eigenvalue weighted by molar-refractivity contribution is 0.111. The minimum atomic E-state index is 0.380. The molecule has 2 aromatic carbocycles. The number of hydrogen-bond acceptors (Lipinski definition) is 3. The van der Waals surface area contributed by atoms with Gasteiger partial charge in [0.2, 0.25) is 0 Å². The van der Waals surface area contributed by atoms with E-state index in [0.29, 0.717) is 17.1 Å². The number of aryl methyl sites for hydroxylation is 1. The van der Waals surface area contributed by atoms with E-state index in [4.69, 9.17) is 11.6 Å². The Morgan fingerprint density at radius 2 is 1.73 bits per heavy atom. The Balaban J connectivity index is 1.90. The average molecular weight is 312 g/mol. The Labute approximate surface area is 133 Å². The van der Waals surface area contributed by atoms with Crippen LogP contribution in [0.25, 0.3) is 5.69 Å². The SMILES string of the molecule is O=Cc1nnn(-c2ccc(Cl)cc2)c1CCc1ccccc1. The Morgan fingerprint density at radius 1 is 1.00 bits per heavy atom. The monoisotopic (exact) mass is 311 g/mol. The largest absolute Gasteiger partial charge is 0.296 e. The second kappa shape index (κ2) is 6.54. The summed E-state index contributed by atoms with van der Waals surface area (Å²) in [6.45, 7) is 0. The lowest BCUT2D eigenvalue weighted by atomic mass is 10.1. The number of halogens is 1. The fraction of sp³-hybridized carbons (Fsp3) is 0.118. The van der Waals surface area contributed by atoms with E-state index >= 15 is 0 Å². The summed E-state index contributed by atoms with van der Waals surface area (Å²) in [4.78, 5) is 11.2. The summed E-state index contributed by atoms with van der Waals surface area (Å²) >= 11 is 5.91. The highest BCUT2D eigenvalue weighted by molar-refractivity contribution is 6.30. The van der Waals surface area contributed by atoms with Crippen LogP contribution < -0.4 is 0 Å². The standard InChI is InChI=1S/C17H14ClN3O/c18-14-7-9-15(10-8-14)21-17(16(12-22)19-20-21)11-6-13-4-2-1-3-5-13/h1-5,7-10,12H,6,11H2. The number of aromatic nitrogens is 3. The van der Waals surface area contributed by atoms with Crippen molar-refractivity contribution in [2.75, 3.05) is 0 Å². The Kier molecular flexibility index (Phi) is 4.30. The number of nitrogens with zero attached hydrogens (tertiary/aromatic N) is 3. The summed E-state index contributed by atoms with van der Waals surface area (Å²) in [5, 5.41) is 8.71. The van der Waals surface area contributed by atoms with Crippen molar-refractivity contribution in [1.29, 1.82) is 0 Å². The Morgan fingerprint density at radius 3 is 2.41 bits per heavy atom. The van der Waals surface area contributed by atoms with Crippen LogP contribution in [0.5, 0.6) is 0 Å². The molecule has 0 amide bonds. The molecule has 0 saturated heterocycles. The molecule has 0 N–H and O–H groups in total. The first kappa shape index (κ1) is 14.5. The molecule has 0 bridgehead atoms. The van der Waals surface area contributed by atoms with Gasteiger partial charge in [-0.15, -0.1) is 5.10 Å². The smallest absolute Gasteiger partial charge is 0.172 e. The molecule has 4 nitrogen and oxygen atoms in total. The fourth-order valence-corrected chi connectivity index (χ4v) is 2.46. The topological polar surface area (TPSA) is 47.8 Å². The van der Waals surface area contributed by atoms with Gasteiger partial charge in [0.15, 0.2) is 6.29 Å². The number of carbonyl (C=O) groups excluding carboxylic acids is 1. The van der Waals surface area contributed by atoms with Crippen molar-refractivity contribution in [3.63, 3.8) is 0 Å². The van der Waals surface area contributed by atoms with Crippen molar-refractivity contribution in [3.05, 3.63) is 76.6 Å². The first-order valence-corrected chi connectivity index (χ1v) is 7.35. The molecule has 1 aromatic heterocycles. The van der Waals surface area contributed by atoms with Crippen molar-refractivity contribution in [2.45, 2.75) is 12.8 Å². The summed E-state index contributed by atoms with van der Waals surface area (Å²) in [6, 6.07) is 17.4. The third kappa shape index (κ3) is 3.07. The van der Waals surface area contributed by atoms with E-state index in [2.05, 4.69) is 22.4 Å². The van der Waals surface area contributed by atoms with Crippen LogP contribution in [-0.4, -0.2) is 21.3 Å². The lowest BCUT2D eigenvalue weighted by Crippen LogP contribution is -2.05. The number of benzene rings is 2. The highest BCUT2D eigenvalue weighted by Gasteiger charge is 2.13. The summed E-state index contributed by atoms with van der Waals surface area (Å²) < 4.78 is 1.70. The van der Waals surface area contributed by atoms with Crippen molar-refractivity contribution in [2.24, 2.45) is 0 Å². The number of carbonyl (C=O) groups is 1. The third-order valence-electron chi connectivity index (χ3n) is 3.47. The summed E-state index contributed by atoms with van der Waals surface area (Å²) in [6.07, 6.45) is 2.26. The van der Waals surface area contributed by atoms with Gasteiger partial charge in [-0.05, 0) is 42.7 Å². The van der Waals surface area contributed by atoms with Gasteiger partial charge < -0.3 is 0 Å². The Hall–Kier alpha value is -2.46. The molecule has 0 spiro atoms. The zero-order valence-electron chi connectivity index (χ0n) is 11.8. The van der Waals surface area contributed by atoms with E-state index in [0.717, 1.165) is 24.1 Å². The molecule has 3 aromatic rings. The molecule has 0 aliphatic heterocycles. The van der Waals surface area contributed by atoms with E-state index < -0.39 is 0 Å². The minimum absolute atomic E-state index is 0.380. The van der Waals surface area contributed by atoms with Gasteiger partial charge in [0.1, 0.15) is 5.69 Å². The second-order valence-electron chi connectivity index (χ2n) is 4.91. The molecule has 1 heterocycles. The van der Waals surface area contributed by atoms with Crippen LogP contribution in [0.1, 0.15) is 21.7 Å². The summed E-state index contributed by atoms with van der Waals surface area (Å²) in [7, 11) is 0. The van der Waals surface area contributed by atoms with Gasteiger partial charge in [-0.1, -0.05) is 47.1 Å². The maximum Gasteiger partial charge on any atom is 0.172 e. The van der Waals surface area contributed by atoms with Crippen LogP contribution in [0.2, 0.25) is 5.02 Å². The number of hydrogen-bond donors (Lipinski definition) is 0. The highest BCUT2D eigenvalue weighted by Crippen LogP contribution is 2.17. The fourth-order valence-electron chi connectivity index (χ4n) is 2.34. The van der Waals surface area contributed by atoms with Gasteiger partial charge in [0, 0.05) is 5.02 Å². The predicted octanol–water partition coefficient (Wildman–Crippen LogP) is 3.52. The van der Waals surface area contributed by atoms with Crippen LogP contribution >= 0.6 is 11.6 Å². The summed E-state index contributed by atoms with van der Waals surface area (Å²) in [5.74, 6) is 0. The van der Waals surface area contributed by atoms with Crippen LogP contribution in [0.15, 0.2) is 54.6 Å². The zero-order valence-corrected chi connectivity index (χ0v) is 12.6. The van der Waals surface area contributed by atoms with Crippen LogP contribution in [-0.2, 0) is 12.8 Å². The van der Waals surface area contributed by atoms with E-state index in [1.165, 1.54) is 5.56 Å². The first-order chi connectivity index (χ1) is 10.8. The van der Waals surface area contributed by atoms with E-state index in [1.54, 1.807) is 16.8 Å². The number of rotatable bonds is 5. The van der Waals surface area contributed by atoms with Gasteiger partial charge >= 0.3 is 0 Å². The zero-order chi connectivity index (χ0) is 15.4. The predicted molar refractivity (Wildman–Crippen MR) is 85.6 cm³/mol. The molecule has 0 radical (unpaired) electrons. The van der Waals surface area contributed by atoms with Gasteiger partial charge in [0.05, 0.1) is 11.4 Å². The maximum atomic E-state index is 11.2. The molecule has 0 aliphatic rings. The second-order valence-corrected chi connectivity index (χ2v) is 5.35. The highest BCUT2D eigenvalue weighted by atomic mass is 35.5. The van der Waals surface area contributed by atoms with Gasteiger partial charge in [-0.2, -0.15) is 0 Å². The van der Waals surface area contributed by atoms with Crippen molar-refractivity contribution in [3.8, 4) is 5.69 Å². The average Bonchev–Trinajstić information content (AvgIpc) is 2.97. The molecular formula is C17H14ClN3O. The molecular weight excluding hydrogens is 298 g/mol. The molecule has 5 heteroatoms. The molecule has 0 atom stereocenters. The van der Waals surface area contributed by atoms with E-state index in [1.807, 2.05) is 30.3 Å². The van der Waals surface area contributed by atoms with Crippen LogP contribution in [0.3, 0.4) is 0 Å². The molecule has 3 rings (SSSR count). The van der Waals surface area contributed by atoms with Crippen molar-refractivity contribution in [1.82, 2.24) is 15.0 Å². The quantitative estimate of drug-likeness (QED) is 0.677.